The first-order chi connectivity index (χ1) is 6.51. The molecule has 2 atom stereocenters. The van der Waals surface area contributed by atoms with E-state index in [0.29, 0.717) is 0 Å². The molecule has 0 bridgehead atoms. The Bertz CT molecular complexity index is 186. The minimum Gasteiger partial charge on any atom is -0.469 e. The number of carbonyl (C=O) groups is 2. The van der Waals surface area contributed by atoms with Gasteiger partial charge in [-0.2, -0.15) is 0 Å². The van der Waals surface area contributed by atoms with Crippen LogP contribution in [0.5, 0.6) is 0 Å². The second-order valence-corrected chi connectivity index (χ2v) is 4.94. The van der Waals surface area contributed by atoms with Gasteiger partial charge in [-0.15, -0.1) is 0 Å². The van der Waals surface area contributed by atoms with E-state index >= 15 is 0 Å². The number of carbonyl (C=O) groups excluding carboxylic acids is 2. The van der Waals surface area contributed by atoms with Crippen LogP contribution in [0.1, 0.15) is 12.8 Å². The molecule has 0 aromatic carbocycles. The fourth-order valence-electron chi connectivity index (χ4n) is 0.741. The van der Waals surface area contributed by atoms with E-state index in [1.165, 1.54) is 14.2 Å². The smallest absolute Gasteiger partial charge is 0.306 e. The van der Waals surface area contributed by atoms with Crippen LogP contribution < -0.4 is 0 Å². The summed E-state index contributed by atoms with van der Waals surface area (Å²) in [6.45, 7) is 0. The molecule has 0 aromatic rings. The summed E-state index contributed by atoms with van der Waals surface area (Å²) in [5.41, 5.74) is 0. The normalized spacial score (nSPS) is 14.3. The molecular formula is C8H12Br2O4. The highest BCUT2D eigenvalue weighted by Gasteiger charge is 2.22. The summed E-state index contributed by atoms with van der Waals surface area (Å²) in [4.78, 5) is 21.5. The average molecular weight is 332 g/mol. The van der Waals surface area contributed by atoms with Gasteiger partial charge in [0.25, 0.3) is 0 Å². The monoisotopic (exact) mass is 330 g/mol. The first-order valence-electron chi connectivity index (χ1n) is 3.93. The molecule has 0 spiro atoms. The first-order valence-corrected chi connectivity index (χ1v) is 5.76. The second kappa shape index (κ2) is 7.23. The molecular weight excluding hydrogens is 320 g/mol. The van der Waals surface area contributed by atoms with E-state index in [1.54, 1.807) is 0 Å². The molecule has 0 amide bonds. The fraction of sp³-hybridized carbons (Fsp3) is 0.750. The van der Waals surface area contributed by atoms with Crippen molar-refractivity contribution in [1.29, 1.82) is 0 Å². The maximum atomic E-state index is 10.9. The zero-order valence-electron chi connectivity index (χ0n) is 7.96. The summed E-state index contributed by atoms with van der Waals surface area (Å²) in [6.07, 6.45) is 0.423. The number of esters is 2. The number of alkyl halides is 2. The molecule has 0 aliphatic carbocycles. The molecule has 0 aromatic heterocycles. The Morgan fingerprint density at radius 2 is 1.29 bits per heavy atom. The minimum atomic E-state index is -0.318. The maximum Gasteiger partial charge on any atom is 0.306 e. The van der Waals surface area contributed by atoms with Crippen LogP contribution in [0.15, 0.2) is 0 Å². The van der Waals surface area contributed by atoms with E-state index < -0.39 is 0 Å². The average Bonchev–Trinajstić information content (AvgIpc) is 2.17. The molecule has 0 fully saturated rings. The molecule has 0 rings (SSSR count). The van der Waals surface area contributed by atoms with Crippen LogP contribution in [0.4, 0.5) is 0 Å². The Hall–Kier alpha value is -0.100. The van der Waals surface area contributed by atoms with Crippen LogP contribution in [0.25, 0.3) is 0 Å². The zero-order chi connectivity index (χ0) is 11.1. The summed E-state index contributed by atoms with van der Waals surface area (Å²) >= 11 is 6.57. The Balaban J connectivity index is 3.92. The maximum absolute atomic E-state index is 10.9. The molecule has 0 heterocycles. The third-order valence-corrected chi connectivity index (χ3v) is 4.20. The van der Waals surface area contributed by atoms with Crippen LogP contribution in [-0.4, -0.2) is 35.8 Å². The highest BCUT2D eigenvalue weighted by Crippen LogP contribution is 2.21. The number of methoxy groups -OCH3 is 2. The van der Waals surface area contributed by atoms with Gasteiger partial charge in [0.1, 0.15) is 0 Å². The lowest BCUT2D eigenvalue weighted by Crippen LogP contribution is -2.22. The quantitative estimate of drug-likeness (QED) is 0.567. The van der Waals surface area contributed by atoms with Gasteiger partial charge < -0.3 is 9.47 Å². The Morgan fingerprint density at radius 3 is 1.50 bits per heavy atom. The van der Waals surface area contributed by atoms with E-state index in [-0.39, 0.29) is 34.4 Å². The van der Waals surface area contributed by atoms with Gasteiger partial charge in [0.05, 0.1) is 27.1 Å². The number of hydrogen-bond acceptors (Lipinski definition) is 4. The minimum absolute atomic E-state index is 0.144. The van der Waals surface area contributed by atoms with Crippen LogP contribution in [0.3, 0.4) is 0 Å². The Morgan fingerprint density at radius 1 is 1.00 bits per heavy atom. The summed E-state index contributed by atoms with van der Waals surface area (Å²) in [5, 5.41) is 0. The molecule has 0 saturated carbocycles. The standard InChI is InChI=1S/C8H12Br2O4/c1-13-7(11)3-5(9)6(10)4-8(12)14-2/h5-6H,3-4H2,1-2H3. The number of hydrogen-bond donors (Lipinski definition) is 0. The summed E-state index contributed by atoms with van der Waals surface area (Å²) in [7, 11) is 2.65. The molecule has 14 heavy (non-hydrogen) atoms. The first kappa shape index (κ1) is 13.9. The predicted octanol–water partition coefficient (Wildman–Crippen LogP) is 1.64. The van der Waals surface area contributed by atoms with Crippen molar-refractivity contribution in [1.82, 2.24) is 0 Å². The van der Waals surface area contributed by atoms with E-state index in [2.05, 4.69) is 41.3 Å². The highest BCUT2D eigenvalue weighted by atomic mass is 79.9. The van der Waals surface area contributed by atoms with Gasteiger partial charge in [-0.1, -0.05) is 31.9 Å². The number of halogens is 2. The molecule has 4 nitrogen and oxygen atoms in total. The molecule has 0 aliphatic rings. The third-order valence-electron chi connectivity index (χ3n) is 1.57. The Labute approximate surface area is 99.6 Å². The highest BCUT2D eigenvalue weighted by molar-refractivity contribution is 9.12. The van der Waals surface area contributed by atoms with Crippen molar-refractivity contribution in [2.24, 2.45) is 0 Å². The van der Waals surface area contributed by atoms with Crippen LogP contribution >= 0.6 is 31.9 Å². The lowest BCUT2D eigenvalue weighted by atomic mass is 10.2. The molecule has 0 aliphatic heterocycles. The molecule has 2 unspecified atom stereocenters. The number of ether oxygens (including phenoxy) is 2. The third kappa shape index (κ3) is 5.59. The van der Waals surface area contributed by atoms with E-state index in [1.807, 2.05) is 0 Å². The van der Waals surface area contributed by atoms with Gasteiger partial charge in [0.15, 0.2) is 0 Å². The Kier molecular flexibility index (Phi) is 7.17. The van der Waals surface area contributed by atoms with Crippen molar-refractivity contribution in [3.8, 4) is 0 Å². The SMILES string of the molecule is COC(=O)CC(Br)C(Br)CC(=O)OC. The van der Waals surface area contributed by atoms with Crippen LogP contribution in [0.2, 0.25) is 0 Å². The van der Waals surface area contributed by atoms with Crippen molar-refractivity contribution < 1.29 is 19.1 Å². The predicted molar refractivity (Wildman–Crippen MR) is 58.7 cm³/mol. The molecule has 0 N–H and O–H groups in total. The van der Waals surface area contributed by atoms with Gasteiger partial charge in [0.2, 0.25) is 0 Å². The lowest BCUT2D eigenvalue weighted by Gasteiger charge is -2.14. The van der Waals surface area contributed by atoms with Crippen LogP contribution in [-0.2, 0) is 19.1 Å². The van der Waals surface area contributed by atoms with Gasteiger partial charge >= 0.3 is 11.9 Å². The number of rotatable bonds is 5. The van der Waals surface area contributed by atoms with Crippen LogP contribution in [0, 0.1) is 0 Å². The van der Waals surface area contributed by atoms with Gasteiger partial charge in [-0.3, -0.25) is 9.59 Å². The van der Waals surface area contributed by atoms with E-state index in [4.69, 9.17) is 0 Å². The van der Waals surface area contributed by atoms with E-state index in [9.17, 15) is 9.59 Å². The van der Waals surface area contributed by atoms with Gasteiger partial charge in [-0.25, -0.2) is 0 Å². The second-order valence-electron chi connectivity index (χ2n) is 2.59. The topological polar surface area (TPSA) is 52.6 Å². The molecule has 82 valence electrons. The lowest BCUT2D eigenvalue weighted by molar-refractivity contribution is -0.142. The summed E-state index contributed by atoms with van der Waals surface area (Å²) < 4.78 is 8.99. The molecule has 0 saturated heterocycles. The van der Waals surface area contributed by atoms with Crippen molar-refractivity contribution in [3.05, 3.63) is 0 Å². The van der Waals surface area contributed by atoms with Crippen molar-refractivity contribution in [3.63, 3.8) is 0 Å². The molecule has 6 heteroatoms. The fourth-order valence-corrected chi connectivity index (χ4v) is 1.64. The van der Waals surface area contributed by atoms with Crippen molar-refractivity contribution in [2.45, 2.75) is 22.5 Å². The summed E-state index contributed by atoms with van der Waals surface area (Å²) in [5.74, 6) is -0.637. The molecule has 0 radical (unpaired) electrons. The van der Waals surface area contributed by atoms with Gasteiger partial charge in [-0.05, 0) is 0 Å². The van der Waals surface area contributed by atoms with Crippen molar-refractivity contribution in [2.75, 3.05) is 14.2 Å². The van der Waals surface area contributed by atoms with E-state index in [0.717, 1.165) is 0 Å². The largest absolute Gasteiger partial charge is 0.469 e. The summed E-state index contributed by atoms with van der Waals surface area (Å²) in [6, 6.07) is 0. The van der Waals surface area contributed by atoms with Gasteiger partial charge in [0, 0.05) is 9.65 Å². The zero-order valence-corrected chi connectivity index (χ0v) is 11.1. The van der Waals surface area contributed by atoms with Crippen molar-refractivity contribution >= 4 is 43.8 Å².